The number of aromatic nitrogens is 5. The van der Waals surface area contributed by atoms with Crippen LogP contribution in [-0.2, 0) is 7.05 Å². The number of hydrogen-bond donors (Lipinski definition) is 2. The molecule has 1 unspecified atom stereocenters. The van der Waals surface area contributed by atoms with Crippen LogP contribution in [0.1, 0.15) is 72.9 Å². The van der Waals surface area contributed by atoms with E-state index in [9.17, 15) is 4.79 Å². The maximum atomic E-state index is 12.6. The minimum atomic E-state index is -0.214. The van der Waals surface area contributed by atoms with Gasteiger partial charge in [0, 0.05) is 19.2 Å². The van der Waals surface area contributed by atoms with Crippen LogP contribution in [0.5, 0.6) is 0 Å². The topological polar surface area (TPSA) is 88.5 Å². The van der Waals surface area contributed by atoms with Crippen LogP contribution in [0.15, 0.2) is 12.5 Å². The molecule has 7 heteroatoms. The van der Waals surface area contributed by atoms with Crippen LogP contribution in [-0.4, -0.2) is 30.9 Å². The molecule has 0 bridgehead atoms. The van der Waals surface area contributed by atoms with Crippen molar-refractivity contribution in [1.29, 1.82) is 0 Å². The number of nitrogens with one attached hydrogen (secondary N) is 2. The van der Waals surface area contributed by atoms with E-state index in [0.717, 1.165) is 18.5 Å². The first-order chi connectivity index (χ1) is 10.6. The number of aromatic amines is 1. The lowest BCUT2D eigenvalue weighted by molar-refractivity contribution is 0.0936. The van der Waals surface area contributed by atoms with Gasteiger partial charge in [0.1, 0.15) is 12.2 Å². The van der Waals surface area contributed by atoms with Crippen molar-refractivity contribution in [3.63, 3.8) is 0 Å². The Labute approximate surface area is 129 Å². The van der Waals surface area contributed by atoms with Gasteiger partial charge in [0.15, 0.2) is 0 Å². The summed E-state index contributed by atoms with van der Waals surface area (Å²) in [6, 6.07) is -0.214. The normalized spacial score (nSPS) is 17.4. The standard InChI is InChI=1S/C15H22N6O/c1-10(14-16-9-17-19-14)18-15(22)12-8-21(2)20-13(12)11-6-4-3-5-7-11/h8-11H,3-7H2,1-2H3,(H,18,22)(H,16,17,19). The number of H-pyrrole nitrogens is 1. The van der Waals surface area contributed by atoms with Gasteiger partial charge in [-0.25, -0.2) is 4.98 Å². The van der Waals surface area contributed by atoms with E-state index in [-0.39, 0.29) is 11.9 Å². The van der Waals surface area contributed by atoms with Crippen LogP contribution >= 0.6 is 0 Å². The Morgan fingerprint density at radius 2 is 2.18 bits per heavy atom. The van der Waals surface area contributed by atoms with Crippen LogP contribution in [0.2, 0.25) is 0 Å². The predicted molar refractivity (Wildman–Crippen MR) is 81.3 cm³/mol. The van der Waals surface area contributed by atoms with Crippen molar-refractivity contribution in [3.05, 3.63) is 29.6 Å². The quantitative estimate of drug-likeness (QED) is 0.905. The van der Waals surface area contributed by atoms with Crippen molar-refractivity contribution in [2.75, 3.05) is 0 Å². The second-order valence-corrected chi connectivity index (χ2v) is 6.00. The summed E-state index contributed by atoms with van der Waals surface area (Å²) < 4.78 is 1.73. The van der Waals surface area contributed by atoms with E-state index >= 15 is 0 Å². The molecular formula is C15H22N6O. The highest BCUT2D eigenvalue weighted by Crippen LogP contribution is 2.33. The van der Waals surface area contributed by atoms with Gasteiger partial charge in [-0.2, -0.15) is 10.2 Å². The van der Waals surface area contributed by atoms with Crippen molar-refractivity contribution >= 4 is 5.91 Å². The zero-order valence-electron chi connectivity index (χ0n) is 13.0. The molecule has 2 aromatic rings. The van der Waals surface area contributed by atoms with Crippen molar-refractivity contribution in [2.45, 2.75) is 51.0 Å². The maximum absolute atomic E-state index is 12.6. The molecule has 1 fully saturated rings. The van der Waals surface area contributed by atoms with Crippen LogP contribution in [0.4, 0.5) is 0 Å². The number of nitrogens with zero attached hydrogens (tertiary/aromatic N) is 4. The van der Waals surface area contributed by atoms with Gasteiger partial charge in [0.25, 0.3) is 5.91 Å². The summed E-state index contributed by atoms with van der Waals surface area (Å²) in [6.45, 7) is 1.88. The molecule has 3 rings (SSSR count). The van der Waals surface area contributed by atoms with E-state index in [1.54, 1.807) is 4.68 Å². The monoisotopic (exact) mass is 302 g/mol. The molecule has 22 heavy (non-hydrogen) atoms. The van der Waals surface area contributed by atoms with Gasteiger partial charge in [-0.15, -0.1) is 0 Å². The van der Waals surface area contributed by atoms with Crippen molar-refractivity contribution in [2.24, 2.45) is 7.05 Å². The fourth-order valence-electron chi connectivity index (χ4n) is 3.12. The summed E-state index contributed by atoms with van der Waals surface area (Å²) in [6.07, 6.45) is 9.22. The molecule has 1 aliphatic carbocycles. The highest BCUT2D eigenvalue weighted by molar-refractivity contribution is 5.95. The molecule has 7 nitrogen and oxygen atoms in total. The Morgan fingerprint density at radius 1 is 1.41 bits per heavy atom. The summed E-state index contributed by atoms with van der Waals surface area (Å²) in [5, 5.41) is 14.1. The van der Waals surface area contributed by atoms with Crippen molar-refractivity contribution < 1.29 is 4.79 Å². The van der Waals surface area contributed by atoms with Gasteiger partial charge >= 0.3 is 0 Å². The molecule has 2 aromatic heterocycles. The van der Waals surface area contributed by atoms with E-state index in [0.29, 0.717) is 17.3 Å². The summed E-state index contributed by atoms with van der Waals surface area (Å²) in [7, 11) is 1.86. The summed E-state index contributed by atoms with van der Waals surface area (Å²) >= 11 is 0. The Kier molecular flexibility index (Phi) is 4.22. The van der Waals surface area contributed by atoms with E-state index in [1.807, 2.05) is 20.2 Å². The first kappa shape index (κ1) is 14.7. The second-order valence-electron chi connectivity index (χ2n) is 6.00. The van der Waals surface area contributed by atoms with Gasteiger partial charge in [-0.05, 0) is 19.8 Å². The number of amides is 1. The third-order valence-electron chi connectivity index (χ3n) is 4.29. The summed E-state index contributed by atoms with van der Waals surface area (Å²) in [5.41, 5.74) is 1.62. The molecule has 1 aliphatic rings. The first-order valence-electron chi connectivity index (χ1n) is 7.85. The Bertz CT molecular complexity index is 627. The molecule has 2 heterocycles. The minimum absolute atomic E-state index is 0.0995. The number of rotatable bonds is 4. The van der Waals surface area contributed by atoms with Crippen LogP contribution in [0.3, 0.4) is 0 Å². The largest absolute Gasteiger partial charge is 0.342 e. The molecule has 2 N–H and O–H groups in total. The molecule has 0 aliphatic heterocycles. The van der Waals surface area contributed by atoms with Gasteiger partial charge in [-0.1, -0.05) is 19.3 Å². The highest BCUT2D eigenvalue weighted by atomic mass is 16.1. The molecule has 1 amide bonds. The Hall–Kier alpha value is -2.18. The lowest BCUT2D eigenvalue weighted by atomic mass is 9.85. The van der Waals surface area contributed by atoms with Gasteiger partial charge < -0.3 is 5.32 Å². The van der Waals surface area contributed by atoms with E-state index in [4.69, 9.17) is 0 Å². The molecule has 118 valence electrons. The van der Waals surface area contributed by atoms with E-state index in [1.165, 1.54) is 25.6 Å². The fourth-order valence-corrected chi connectivity index (χ4v) is 3.12. The Balaban J connectivity index is 1.77. The fraction of sp³-hybridized carbons (Fsp3) is 0.600. The zero-order chi connectivity index (χ0) is 15.5. The van der Waals surface area contributed by atoms with E-state index in [2.05, 4.69) is 25.6 Å². The predicted octanol–water partition coefficient (Wildman–Crippen LogP) is 2.08. The molecule has 0 aromatic carbocycles. The van der Waals surface area contributed by atoms with Crippen molar-refractivity contribution in [1.82, 2.24) is 30.3 Å². The van der Waals surface area contributed by atoms with Gasteiger partial charge in [0.2, 0.25) is 0 Å². The minimum Gasteiger partial charge on any atom is -0.342 e. The number of aryl methyl sites for hydroxylation is 1. The van der Waals surface area contributed by atoms with E-state index < -0.39 is 0 Å². The SMILES string of the molecule is CC(NC(=O)c1cn(C)nc1C1CCCCC1)c1ncn[nH]1. The maximum Gasteiger partial charge on any atom is 0.255 e. The van der Waals surface area contributed by atoms with Crippen LogP contribution in [0, 0.1) is 0 Å². The number of carbonyl (C=O) groups excluding carboxylic acids is 1. The molecule has 1 atom stereocenters. The average Bonchev–Trinajstić information content (AvgIpc) is 3.17. The molecule has 1 saturated carbocycles. The van der Waals surface area contributed by atoms with Crippen molar-refractivity contribution in [3.8, 4) is 0 Å². The lowest BCUT2D eigenvalue weighted by Crippen LogP contribution is -2.28. The second kappa shape index (κ2) is 6.29. The van der Waals surface area contributed by atoms with Gasteiger partial charge in [-0.3, -0.25) is 14.6 Å². The molecule has 0 radical (unpaired) electrons. The van der Waals surface area contributed by atoms with Crippen LogP contribution < -0.4 is 5.32 Å². The summed E-state index contributed by atoms with van der Waals surface area (Å²) in [4.78, 5) is 16.7. The number of carbonyl (C=O) groups is 1. The summed E-state index contributed by atoms with van der Waals surface area (Å²) in [5.74, 6) is 0.949. The first-order valence-corrected chi connectivity index (χ1v) is 7.85. The molecule has 0 spiro atoms. The Morgan fingerprint density at radius 3 is 2.86 bits per heavy atom. The zero-order valence-corrected chi connectivity index (χ0v) is 13.0. The number of hydrogen-bond acceptors (Lipinski definition) is 4. The molecule has 0 saturated heterocycles. The average molecular weight is 302 g/mol. The highest BCUT2D eigenvalue weighted by Gasteiger charge is 2.25. The van der Waals surface area contributed by atoms with Gasteiger partial charge in [0.05, 0.1) is 17.3 Å². The third kappa shape index (κ3) is 3.03. The smallest absolute Gasteiger partial charge is 0.255 e. The molecular weight excluding hydrogens is 280 g/mol. The lowest BCUT2D eigenvalue weighted by Gasteiger charge is -2.21. The van der Waals surface area contributed by atoms with Crippen LogP contribution in [0.25, 0.3) is 0 Å². The third-order valence-corrected chi connectivity index (χ3v) is 4.29.